The highest BCUT2D eigenvalue weighted by Gasteiger charge is 2.05. The van der Waals surface area contributed by atoms with Gasteiger partial charge in [-0.1, -0.05) is 17.7 Å². The van der Waals surface area contributed by atoms with Gasteiger partial charge in [-0.05, 0) is 11.6 Å². The van der Waals surface area contributed by atoms with Crippen LogP contribution in [0.5, 0.6) is 0 Å². The van der Waals surface area contributed by atoms with Crippen LogP contribution in [0.15, 0.2) is 36.9 Å². The van der Waals surface area contributed by atoms with Crippen molar-refractivity contribution in [3.05, 3.63) is 47.6 Å². The lowest BCUT2D eigenvalue weighted by Crippen LogP contribution is -2.15. The molecule has 0 fully saturated rings. The number of pyridine rings is 1. The molecular formula is C11H9ClN4O. The number of anilines is 1. The summed E-state index contributed by atoms with van der Waals surface area (Å²) >= 11 is 5.58. The summed E-state index contributed by atoms with van der Waals surface area (Å²) in [5, 5.41) is 2.91. The van der Waals surface area contributed by atoms with Crippen molar-refractivity contribution in [2.75, 3.05) is 5.32 Å². The molecule has 0 atom stereocenters. The fourth-order valence-electron chi connectivity index (χ4n) is 1.25. The Morgan fingerprint density at radius 1 is 1.29 bits per heavy atom. The van der Waals surface area contributed by atoms with Crippen LogP contribution in [0.1, 0.15) is 5.56 Å². The number of rotatable bonds is 3. The standard InChI is InChI=1S/C11H9ClN4O/c12-9-6-15-10(7-14-9)16-11(17)4-8-2-1-3-13-5-8/h1-3,5-7H,4H2,(H,15,16,17). The van der Waals surface area contributed by atoms with E-state index in [1.165, 1.54) is 12.4 Å². The maximum Gasteiger partial charge on any atom is 0.230 e. The van der Waals surface area contributed by atoms with Crippen LogP contribution in [-0.2, 0) is 11.2 Å². The largest absolute Gasteiger partial charge is 0.309 e. The molecule has 17 heavy (non-hydrogen) atoms. The van der Waals surface area contributed by atoms with Gasteiger partial charge in [0, 0.05) is 12.4 Å². The van der Waals surface area contributed by atoms with Gasteiger partial charge < -0.3 is 5.32 Å². The molecule has 2 aromatic rings. The maximum atomic E-state index is 11.6. The van der Waals surface area contributed by atoms with Crippen molar-refractivity contribution in [3.63, 3.8) is 0 Å². The van der Waals surface area contributed by atoms with Gasteiger partial charge in [-0.2, -0.15) is 0 Å². The van der Waals surface area contributed by atoms with E-state index >= 15 is 0 Å². The van der Waals surface area contributed by atoms with E-state index < -0.39 is 0 Å². The van der Waals surface area contributed by atoms with Crippen molar-refractivity contribution < 1.29 is 4.79 Å². The molecule has 2 rings (SSSR count). The Balaban J connectivity index is 1.96. The molecule has 0 bridgehead atoms. The van der Waals surface area contributed by atoms with Gasteiger partial charge in [-0.3, -0.25) is 9.78 Å². The third-order valence-electron chi connectivity index (χ3n) is 1.98. The predicted octanol–water partition coefficient (Wildman–Crippen LogP) is 1.71. The summed E-state index contributed by atoms with van der Waals surface area (Å²) in [5.41, 5.74) is 0.840. The van der Waals surface area contributed by atoms with Gasteiger partial charge in [0.15, 0.2) is 5.82 Å². The van der Waals surface area contributed by atoms with Crippen molar-refractivity contribution in [1.29, 1.82) is 0 Å². The first-order valence-electron chi connectivity index (χ1n) is 4.90. The summed E-state index contributed by atoms with van der Waals surface area (Å²) in [4.78, 5) is 23.3. The molecule has 1 amide bonds. The highest BCUT2D eigenvalue weighted by atomic mass is 35.5. The van der Waals surface area contributed by atoms with Crippen LogP contribution in [0, 0.1) is 0 Å². The molecule has 0 aliphatic heterocycles. The Morgan fingerprint density at radius 2 is 2.18 bits per heavy atom. The molecule has 6 heteroatoms. The minimum Gasteiger partial charge on any atom is -0.309 e. The topological polar surface area (TPSA) is 67.8 Å². The number of aromatic nitrogens is 3. The van der Waals surface area contributed by atoms with Crippen molar-refractivity contribution >= 4 is 23.3 Å². The Bertz CT molecular complexity index is 501. The number of carbonyl (C=O) groups is 1. The molecule has 0 unspecified atom stereocenters. The average Bonchev–Trinajstić information content (AvgIpc) is 2.33. The van der Waals surface area contributed by atoms with Gasteiger partial charge in [0.1, 0.15) is 5.15 Å². The number of halogens is 1. The van der Waals surface area contributed by atoms with E-state index in [0.29, 0.717) is 5.82 Å². The first-order valence-corrected chi connectivity index (χ1v) is 5.28. The highest BCUT2D eigenvalue weighted by Crippen LogP contribution is 2.06. The first-order chi connectivity index (χ1) is 8.24. The van der Waals surface area contributed by atoms with Crippen LogP contribution < -0.4 is 5.32 Å². The van der Waals surface area contributed by atoms with E-state index in [2.05, 4.69) is 20.3 Å². The number of nitrogens with zero attached hydrogens (tertiary/aromatic N) is 3. The normalized spacial score (nSPS) is 9.94. The van der Waals surface area contributed by atoms with Gasteiger partial charge in [-0.25, -0.2) is 9.97 Å². The number of hydrogen-bond acceptors (Lipinski definition) is 4. The molecule has 0 aliphatic rings. The van der Waals surface area contributed by atoms with E-state index in [4.69, 9.17) is 11.6 Å². The third kappa shape index (κ3) is 3.49. The fourth-order valence-corrected chi connectivity index (χ4v) is 1.35. The summed E-state index contributed by atoms with van der Waals surface area (Å²) in [6.07, 6.45) is 6.34. The van der Waals surface area contributed by atoms with Gasteiger partial charge in [0.05, 0.1) is 18.8 Å². The number of carbonyl (C=O) groups excluding carboxylic acids is 1. The van der Waals surface area contributed by atoms with E-state index in [1.807, 2.05) is 6.07 Å². The lowest BCUT2D eigenvalue weighted by Gasteiger charge is -2.03. The van der Waals surface area contributed by atoms with Crippen LogP contribution in [0.25, 0.3) is 0 Å². The monoisotopic (exact) mass is 248 g/mol. The maximum absolute atomic E-state index is 11.6. The lowest BCUT2D eigenvalue weighted by atomic mass is 10.2. The molecule has 0 aliphatic carbocycles. The Morgan fingerprint density at radius 3 is 2.82 bits per heavy atom. The zero-order chi connectivity index (χ0) is 12.1. The predicted molar refractivity (Wildman–Crippen MR) is 63.6 cm³/mol. The van der Waals surface area contributed by atoms with Crippen LogP contribution in [0.2, 0.25) is 5.15 Å². The van der Waals surface area contributed by atoms with Crippen molar-refractivity contribution in [1.82, 2.24) is 15.0 Å². The Hall–Kier alpha value is -2.01. The summed E-state index contributed by atoms with van der Waals surface area (Å²) in [6, 6.07) is 3.62. The average molecular weight is 249 g/mol. The summed E-state index contributed by atoms with van der Waals surface area (Å²) in [7, 11) is 0. The van der Waals surface area contributed by atoms with E-state index in [-0.39, 0.29) is 17.5 Å². The van der Waals surface area contributed by atoms with Gasteiger partial charge in [-0.15, -0.1) is 0 Å². The first kappa shape index (κ1) is 11.5. The molecule has 2 aromatic heterocycles. The Kier molecular flexibility index (Phi) is 3.62. The van der Waals surface area contributed by atoms with Crippen LogP contribution in [-0.4, -0.2) is 20.9 Å². The Labute approximate surface area is 103 Å². The second-order valence-corrected chi connectivity index (χ2v) is 3.70. The molecule has 86 valence electrons. The quantitative estimate of drug-likeness (QED) is 0.898. The lowest BCUT2D eigenvalue weighted by molar-refractivity contribution is -0.115. The van der Waals surface area contributed by atoms with Crippen LogP contribution >= 0.6 is 11.6 Å². The number of amides is 1. The summed E-state index contributed by atoms with van der Waals surface area (Å²) < 4.78 is 0. The zero-order valence-corrected chi connectivity index (χ0v) is 9.55. The molecule has 0 radical (unpaired) electrons. The molecular weight excluding hydrogens is 240 g/mol. The van der Waals surface area contributed by atoms with Crippen molar-refractivity contribution in [2.24, 2.45) is 0 Å². The van der Waals surface area contributed by atoms with Crippen LogP contribution in [0.3, 0.4) is 0 Å². The van der Waals surface area contributed by atoms with E-state index in [1.54, 1.807) is 18.5 Å². The summed E-state index contributed by atoms with van der Waals surface area (Å²) in [6.45, 7) is 0. The fraction of sp³-hybridized carbons (Fsp3) is 0.0909. The van der Waals surface area contributed by atoms with Gasteiger partial charge in [0.25, 0.3) is 0 Å². The summed E-state index contributed by atoms with van der Waals surface area (Å²) in [5.74, 6) is 0.206. The minimum absolute atomic E-state index is 0.172. The zero-order valence-electron chi connectivity index (χ0n) is 8.80. The van der Waals surface area contributed by atoms with Crippen LogP contribution in [0.4, 0.5) is 5.82 Å². The molecule has 0 saturated carbocycles. The molecule has 0 saturated heterocycles. The van der Waals surface area contributed by atoms with Crippen molar-refractivity contribution in [2.45, 2.75) is 6.42 Å². The van der Waals surface area contributed by atoms with Crippen molar-refractivity contribution in [3.8, 4) is 0 Å². The molecule has 1 N–H and O–H groups in total. The molecule has 2 heterocycles. The molecule has 0 aromatic carbocycles. The minimum atomic E-state index is -0.172. The van der Waals surface area contributed by atoms with Gasteiger partial charge >= 0.3 is 0 Å². The molecule has 0 spiro atoms. The molecule has 5 nitrogen and oxygen atoms in total. The second kappa shape index (κ2) is 5.36. The number of hydrogen-bond donors (Lipinski definition) is 1. The van der Waals surface area contributed by atoms with Gasteiger partial charge in [0.2, 0.25) is 5.91 Å². The third-order valence-corrected chi connectivity index (χ3v) is 2.17. The number of nitrogens with one attached hydrogen (secondary N) is 1. The van der Waals surface area contributed by atoms with E-state index in [0.717, 1.165) is 5.56 Å². The smallest absolute Gasteiger partial charge is 0.230 e. The SMILES string of the molecule is O=C(Cc1cccnc1)Nc1cnc(Cl)cn1. The van der Waals surface area contributed by atoms with E-state index in [9.17, 15) is 4.79 Å². The second-order valence-electron chi connectivity index (χ2n) is 3.31. The highest BCUT2D eigenvalue weighted by molar-refractivity contribution is 6.29.